The number of halogens is 1. The van der Waals surface area contributed by atoms with Crippen LogP contribution in [0.4, 0.5) is 0 Å². The first kappa shape index (κ1) is 20.5. The number of aryl methyl sites for hydroxylation is 2. The molecule has 0 fully saturated rings. The van der Waals surface area contributed by atoms with Crippen molar-refractivity contribution < 1.29 is 0 Å². The van der Waals surface area contributed by atoms with Gasteiger partial charge in [0.1, 0.15) is 0 Å². The average Bonchev–Trinajstić information content (AvgIpc) is 2.57. The maximum absolute atomic E-state index is 6.39. The summed E-state index contributed by atoms with van der Waals surface area (Å²) < 4.78 is 0. The maximum atomic E-state index is 6.39. The van der Waals surface area contributed by atoms with E-state index in [9.17, 15) is 0 Å². The molecular formula is C21H36ClN. The second-order valence-corrected chi connectivity index (χ2v) is 7.10. The summed E-state index contributed by atoms with van der Waals surface area (Å²) in [5, 5.41) is 0.901. The summed E-state index contributed by atoms with van der Waals surface area (Å²) in [6.45, 7) is 4.43. The van der Waals surface area contributed by atoms with Gasteiger partial charge in [0.25, 0.3) is 0 Å². The lowest BCUT2D eigenvalue weighted by Gasteiger charge is -2.07. The highest BCUT2D eigenvalue weighted by atomic mass is 35.5. The Morgan fingerprint density at radius 1 is 0.783 bits per heavy atom. The van der Waals surface area contributed by atoms with Crippen LogP contribution in [0.1, 0.15) is 102 Å². The monoisotopic (exact) mass is 337 g/mol. The molecule has 1 aromatic heterocycles. The van der Waals surface area contributed by atoms with Gasteiger partial charge >= 0.3 is 0 Å². The van der Waals surface area contributed by atoms with Crippen molar-refractivity contribution in [3.8, 4) is 0 Å². The molecule has 0 aliphatic rings. The van der Waals surface area contributed by atoms with Gasteiger partial charge in [-0.25, -0.2) is 0 Å². The van der Waals surface area contributed by atoms with E-state index in [1.165, 1.54) is 82.6 Å². The van der Waals surface area contributed by atoms with Gasteiger partial charge < -0.3 is 0 Å². The van der Waals surface area contributed by atoms with E-state index >= 15 is 0 Å². The summed E-state index contributed by atoms with van der Waals surface area (Å²) in [7, 11) is 0. The lowest BCUT2D eigenvalue weighted by molar-refractivity contribution is 0.543. The number of hydrogen-bond acceptors (Lipinski definition) is 1. The van der Waals surface area contributed by atoms with E-state index in [0.29, 0.717) is 0 Å². The molecule has 0 aliphatic heterocycles. The van der Waals surface area contributed by atoms with E-state index in [0.717, 1.165) is 23.6 Å². The van der Waals surface area contributed by atoms with Crippen LogP contribution in [-0.2, 0) is 12.8 Å². The van der Waals surface area contributed by atoms with Crippen LogP contribution in [0.25, 0.3) is 0 Å². The summed E-state index contributed by atoms with van der Waals surface area (Å²) in [5.74, 6) is 0. The van der Waals surface area contributed by atoms with Gasteiger partial charge in [0.15, 0.2) is 0 Å². The number of unbranched alkanes of at least 4 members (excludes halogenated alkanes) is 11. The minimum Gasteiger partial charge on any atom is -0.260 e. The van der Waals surface area contributed by atoms with Crippen molar-refractivity contribution in [2.75, 3.05) is 0 Å². The standard InChI is InChI=1S/C21H36ClN/c1-3-5-6-7-8-9-10-11-12-13-14-15-16-20-21(22)19(4-2)17-18-23-20/h17-18H,3-16H2,1-2H3. The topological polar surface area (TPSA) is 12.9 Å². The molecule has 1 rings (SSSR count). The van der Waals surface area contributed by atoms with Crippen molar-refractivity contribution in [3.05, 3.63) is 28.5 Å². The second kappa shape index (κ2) is 13.8. The minimum absolute atomic E-state index is 0.901. The minimum atomic E-state index is 0.901. The molecule has 0 saturated heterocycles. The fourth-order valence-electron chi connectivity index (χ4n) is 3.11. The molecule has 1 heterocycles. The molecule has 0 N–H and O–H groups in total. The Hall–Kier alpha value is -0.560. The third-order valence-electron chi connectivity index (χ3n) is 4.69. The van der Waals surface area contributed by atoms with Crippen molar-refractivity contribution in [3.63, 3.8) is 0 Å². The Morgan fingerprint density at radius 2 is 1.30 bits per heavy atom. The normalized spacial score (nSPS) is 11.1. The average molecular weight is 338 g/mol. The zero-order valence-electron chi connectivity index (χ0n) is 15.4. The van der Waals surface area contributed by atoms with Crippen molar-refractivity contribution in [2.24, 2.45) is 0 Å². The molecule has 2 heteroatoms. The molecule has 132 valence electrons. The summed E-state index contributed by atoms with van der Waals surface area (Å²) in [4.78, 5) is 4.44. The van der Waals surface area contributed by atoms with Crippen LogP contribution >= 0.6 is 11.6 Å². The van der Waals surface area contributed by atoms with Crippen LogP contribution in [0.3, 0.4) is 0 Å². The molecule has 0 unspecified atom stereocenters. The maximum Gasteiger partial charge on any atom is 0.0653 e. The van der Waals surface area contributed by atoms with Crippen LogP contribution < -0.4 is 0 Å². The van der Waals surface area contributed by atoms with Gasteiger partial charge in [0, 0.05) is 6.20 Å². The largest absolute Gasteiger partial charge is 0.260 e. The zero-order chi connectivity index (χ0) is 16.8. The number of nitrogens with zero attached hydrogens (tertiary/aromatic N) is 1. The third kappa shape index (κ3) is 9.35. The van der Waals surface area contributed by atoms with E-state index in [1.807, 2.05) is 12.3 Å². The van der Waals surface area contributed by atoms with Crippen molar-refractivity contribution in [1.29, 1.82) is 0 Å². The summed E-state index contributed by atoms with van der Waals surface area (Å²) in [6.07, 6.45) is 20.6. The van der Waals surface area contributed by atoms with Crippen molar-refractivity contribution in [2.45, 2.75) is 104 Å². The predicted octanol–water partition coefficient (Wildman–Crippen LogP) is 7.54. The quantitative estimate of drug-likeness (QED) is 0.319. The van der Waals surface area contributed by atoms with Crippen molar-refractivity contribution in [1.82, 2.24) is 4.98 Å². The molecule has 0 bridgehead atoms. The van der Waals surface area contributed by atoms with Crippen molar-refractivity contribution >= 4 is 11.6 Å². The molecule has 0 aliphatic carbocycles. The van der Waals surface area contributed by atoms with Gasteiger partial charge in [0.05, 0.1) is 10.7 Å². The van der Waals surface area contributed by atoms with Crippen LogP contribution in [0, 0.1) is 0 Å². The highest BCUT2D eigenvalue weighted by molar-refractivity contribution is 6.32. The summed E-state index contributed by atoms with van der Waals surface area (Å²) >= 11 is 6.39. The van der Waals surface area contributed by atoms with Gasteiger partial charge in [-0.3, -0.25) is 4.98 Å². The fourth-order valence-corrected chi connectivity index (χ4v) is 3.45. The molecule has 1 nitrogen and oxygen atoms in total. The Bertz CT molecular complexity index is 403. The Kier molecular flexibility index (Phi) is 12.3. The van der Waals surface area contributed by atoms with Crippen LogP contribution in [0.15, 0.2) is 12.3 Å². The zero-order valence-corrected chi connectivity index (χ0v) is 16.1. The fraction of sp³-hybridized carbons (Fsp3) is 0.762. The summed E-state index contributed by atoms with van der Waals surface area (Å²) in [6, 6.07) is 2.04. The van der Waals surface area contributed by atoms with Crippen LogP contribution in [0.5, 0.6) is 0 Å². The SMILES string of the molecule is CCCCCCCCCCCCCCc1nccc(CC)c1Cl. The van der Waals surface area contributed by atoms with Gasteiger partial charge in [-0.15, -0.1) is 0 Å². The van der Waals surface area contributed by atoms with E-state index in [4.69, 9.17) is 11.6 Å². The highest BCUT2D eigenvalue weighted by Gasteiger charge is 2.05. The van der Waals surface area contributed by atoms with Crippen LogP contribution in [-0.4, -0.2) is 4.98 Å². The van der Waals surface area contributed by atoms with E-state index in [1.54, 1.807) is 0 Å². The molecular weight excluding hydrogens is 302 g/mol. The Morgan fingerprint density at radius 3 is 1.83 bits per heavy atom. The summed E-state index contributed by atoms with van der Waals surface area (Å²) in [5.41, 5.74) is 2.33. The molecule has 0 aromatic carbocycles. The van der Waals surface area contributed by atoms with E-state index in [-0.39, 0.29) is 0 Å². The van der Waals surface area contributed by atoms with Gasteiger partial charge in [0.2, 0.25) is 0 Å². The predicted molar refractivity (Wildman–Crippen MR) is 103 cm³/mol. The van der Waals surface area contributed by atoms with E-state index < -0.39 is 0 Å². The number of pyridine rings is 1. The number of rotatable bonds is 14. The molecule has 0 spiro atoms. The Labute approximate surface area is 149 Å². The first-order valence-corrected chi connectivity index (χ1v) is 10.3. The highest BCUT2D eigenvalue weighted by Crippen LogP contribution is 2.21. The molecule has 0 radical (unpaired) electrons. The van der Waals surface area contributed by atoms with E-state index in [2.05, 4.69) is 18.8 Å². The lowest BCUT2D eigenvalue weighted by Crippen LogP contribution is -1.95. The molecule has 23 heavy (non-hydrogen) atoms. The molecule has 1 aromatic rings. The molecule has 0 saturated carbocycles. The first-order valence-electron chi connectivity index (χ1n) is 9.91. The van der Waals surface area contributed by atoms with Gasteiger partial charge in [-0.05, 0) is 30.9 Å². The second-order valence-electron chi connectivity index (χ2n) is 6.72. The van der Waals surface area contributed by atoms with Gasteiger partial charge in [-0.1, -0.05) is 96.1 Å². The molecule has 0 amide bonds. The third-order valence-corrected chi connectivity index (χ3v) is 5.15. The van der Waals surface area contributed by atoms with Gasteiger partial charge in [-0.2, -0.15) is 0 Å². The number of hydrogen-bond donors (Lipinski definition) is 0. The van der Waals surface area contributed by atoms with Crippen LogP contribution in [0.2, 0.25) is 5.02 Å². The smallest absolute Gasteiger partial charge is 0.0653 e. The lowest BCUT2D eigenvalue weighted by atomic mass is 10.0. The molecule has 0 atom stereocenters. The Balaban J connectivity index is 1.96. The first-order chi connectivity index (χ1) is 11.3. The number of aromatic nitrogens is 1.